The van der Waals surface area contributed by atoms with Crippen LogP contribution in [0.5, 0.6) is 5.75 Å². The van der Waals surface area contributed by atoms with Gasteiger partial charge in [0.15, 0.2) is 11.6 Å². The van der Waals surface area contributed by atoms with E-state index < -0.39 is 5.97 Å². The van der Waals surface area contributed by atoms with Crippen LogP contribution in [0.3, 0.4) is 0 Å². The predicted octanol–water partition coefficient (Wildman–Crippen LogP) is 8.87. The number of hydrogen-bond donors (Lipinski definition) is 2. The fourth-order valence-electron chi connectivity index (χ4n) is 5.03. The first-order chi connectivity index (χ1) is 20.0. The number of nitrogens with one attached hydrogen (secondary N) is 1. The number of ether oxygens (including phenoxy) is 2. The van der Waals surface area contributed by atoms with E-state index in [1.165, 1.54) is 43.0 Å². The number of rotatable bonds is 18. The summed E-state index contributed by atoms with van der Waals surface area (Å²) in [5, 5.41) is 11.9. The molecule has 0 fully saturated rings. The van der Waals surface area contributed by atoms with Crippen molar-refractivity contribution in [1.82, 2.24) is 4.98 Å². The number of fused-ring (bicyclic) bond motifs is 1. The number of anilines is 1. The molecule has 0 bridgehead atoms. The van der Waals surface area contributed by atoms with Gasteiger partial charge in [0, 0.05) is 24.1 Å². The number of carbonyl (C=O) groups is 1. The monoisotopic (exact) mass is 586 g/mol. The highest BCUT2D eigenvalue weighted by molar-refractivity contribution is 5.66. The van der Waals surface area contributed by atoms with Crippen molar-refractivity contribution in [3.63, 3.8) is 0 Å². The van der Waals surface area contributed by atoms with Crippen molar-refractivity contribution < 1.29 is 23.8 Å². The number of carboxylic acids is 1. The fraction of sp³-hybridized carbons (Fsp3) is 0.657. The third-order valence-electron chi connectivity index (χ3n) is 7.39. The summed E-state index contributed by atoms with van der Waals surface area (Å²) in [7, 11) is 0. The number of aryl methyl sites for hydroxylation is 2. The second-order valence-corrected chi connectivity index (χ2v) is 13.1. The average Bonchev–Trinajstić information content (AvgIpc) is 2.94. The Morgan fingerprint density at radius 1 is 0.952 bits per heavy atom. The van der Waals surface area contributed by atoms with Crippen LogP contribution in [0, 0.1) is 16.6 Å². The van der Waals surface area contributed by atoms with Gasteiger partial charge in [-0.05, 0) is 67.7 Å². The first-order valence-corrected chi connectivity index (χ1v) is 15.9. The zero-order valence-corrected chi connectivity index (χ0v) is 26.8. The Labute approximate surface area is 253 Å². The van der Waals surface area contributed by atoms with Crippen molar-refractivity contribution in [2.24, 2.45) is 10.8 Å². The number of halogens is 1. The molecule has 2 aromatic rings. The topological polar surface area (TPSA) is 80.7 Å². The van der Waals surface area contributed by atoms with Crippen molar-refractivity contribution >= 4 is 11.8 Å². The van der Waals surface area contributed by atoms with Gasteiger partial charge in [-0.15, -0.1) is 0 Å². The zero-order chi connectivity index (χ0) is 30.8. The van der Waals surface area contributed by atoms with Crippen molar-refractivity contribution in [3.05, 3.63) is 53.5 Å². The van der Waals surface area contributed by atoms with E-state index in [2.05, 4.69) is 52.1 Å². The molecule has 0 spiro atoms. The van der Waals surface area contributed by atoms with E-state index in [0.717, 1.165) is 63.9 Å². The van der Waals surface area contributed by atoms with Gasteiger partial charge in [-0.2, -0.15) is 0 Å². The number of hydrogen-bond acceptors (Lipinski definition) is 5. The average molecular weight is 587 g/mol. The summed E-state index contributed by atoms with van der Waals surface area (Å²) in [4.78, 5) is 15.1. The molecule has 0 aliphatic carbocycles. The van der Waals surface area contributed by atoms with Crippen LogP contribution in [0.25, 0.3) is 0 Å². The van der Waals surface area contributed by atoms with Gasteiger partial charge in [-0.25, -0.2) is 9.37 Å². The maximum atomic E-state index is 13.5. The second-order valence-electron chi connectivity index (χ2n) is 13.1. The van der Waals surface area contributed by atoms with Crippen LogP contribution in [0.15, 0.2) is 36.4 Å². The highest BCUT2D eigenvalue weighted by Gasteiger charge is 2.23. The van der Waals surface area contributed by atoms with Gasteiger partial charge in [-0.1, -0.05) is 84.9 Å². The summed E-state index contributed by atoms with van der Waals surface area (Å²) in [6.45, 7) is 13.6. The van der Waals surface area contributed by atoms with Crippen LogP contribution in [-0.4, -0.2) is 42.4 Å². The molecule has 1 aliphatic heterocycles. The number of carboxylic acid groups (broad SMARTS) is 1. The predicted molar refractivity (Wildman–Crippen MR) is 170 cm³/mol. The van der Waals surface area contributed by atoms with E-state index in [1.807, 2.05) is 0 Å². The summed E-state index contributed by atoms with van der Waals surface area (Å²) in [6.07, 6.45) is 12.6. The lowest BCUT2D eigenvalue weighted by Crippen LogP contribution is -2.30. The van der Waals surface area contributed by atoms with Crippen LogP contribution in [-0.2, 0) is 22.4 Å². The molecular formula is C35H55FN2O4. The SMILES string of the molecule is CCCC(C)(C)COCC(C)(C)COc1ccccc1F.O=C(O)CCCCCCCCc1ccc2c(n1)NCCC2. The van der Waals surface area contributed by atoms with Gasteiger partial charge < -0.3 is 19.9 Å². The lowest BCUT2D eigenvalue weighted by molar-refractivity contribution is -0.137. The molecule has 0 saturated heterocycles. The summed E-state index contributed by atoms with van der Waals surface area (Å²) >= 11 is 0. The molecule has 0 saturated carbocycles. The van der Waals surface area contributed by atoms with E-state index in [9.17, 15) is 9.18 Å². The minimum atomic E-state index is -0.679. The Morgan fingerprint density at radius 3 is 2.36 bits per heavy atom. The Bertz CT molecular complexity index is 1060. The van der Waals surface area contributed by atoms with E-state index in [-0.39, 0.29) is 16.6 Å². The van der Waals surface area contributed by atoms with Gasteiger partial charge in [0.05, 0.1) is 19.8 Å². The Kier molecular flexibility index (Phi) is 15.9. The van der Waals surface area contributed by atoms with Gasteiger partial charge in [0.1, 0.15) is 5.82 Å². The molecule has 42 heavy (non-hydrogen) atoms. The molecule has 1 aromatic heterocycles. The highest BCUT2D eigenvalue weighted by Crippen LogP contribution is 2.26. The van der Waals surface area contributed by atoms with E-state index in [1.54, 1.807) is 18.2 Å². The minimum Gasteiger partial charge on any atom is -0.490 e. The van der Waals surface area contributed by atoms with Crippen molar-refractivity contribution in [2.75, 3.05) is 31.7 Å². The van der Waals surface area contributed by atoms with Crippen LogP contribution in [0.4, 0.5) is 10.2 Å². The second kappa shape index (κ2) is 18.8. The first kappa shape index (κ1) is 35.5. The molecule has 0 unspecified atom stereocenters. The summed E-state index contributed by atoms with van der Waals surface area (Å²) < 4.78 is 24.9. The van der Waals surface area contributed by atoms with Crippen molar-refractivity contribution in [1.29, 1.82) is 0 Å². The van der Waals surface area contributed by atoms with Crippen molar-refractivity contribution in [3.8, 4) is 5.75 Å². The summed E-state index contributed by atoms with van der Waals surface area (Å²) in [5.41, 5.74) is 2.60. The summed E-state index contributed by atoms with van der Waals surface area (Å²) in [5.74, 6) is 0.393. The standard InChI is InChI=1S/C18H29FO2.C17H26N2O2/c1-6-11-17(2,3)12-20-13-18(4,5)14-21-16-10-8-7-9-15(16)19;20-16(21)10-6-4-2-1-3-5-9-15-12-11-14-8-7-13-18-17(14)19-15/h7-10H,6,11-14H2,1-5H3;11-12H,1-10,13H2,(H,18,19)(H,20,21). The number of pyridine rings is 1. The zero-order valence-electron chi connectivity index (χ0n) is 26.8. The number of nitrogens with zero attached hydrogens (tertiary/aromatic N) is 1. The maximum Gasteiger partial charge on any atom is 0.303 e. The largest absolute Gasteiger partial charge is 0.490 e. The quantitative estimate of drug-likeness (QED) is 0.170. The Balaban J connectivity index is 0.000000293. The maximum absolute atomic E-state index is 13.5. The molecular weight excluding hydrogens is 531 g/mol. The molecule has 0 atom stereocenters. The first-order valence-electron chi connectivity index (χ1n) is 15.9. The lowest BCUT2D eigenvalue weighted by Gasteiger charge is -2.29. The third kappa shape index (κ3) is 15.0. The van der Waals surface area contributed by atoms with Gasteiger partial charge in [0.2, 0.25) is 0 Å². The van der Waals surface area contributed by atoms with Gasteiger partial charge in [-0.3, -0.25) is 4.79 Å². The molecule has 2 heterocycles. The van der Waals surface area contributed by atoms with Crippen LogP contribution < -0.4 is 10.1 Å². The molecule has 0 radical (unpaired) electrons. The molecule has 2 N–H and O–H groups in total. The molecule has 7 heteroatoms. The van der Waals surface area contributed by atoms with Crippen LogP contribution in [0.2, 0.25) is 0 Å². The third-order valence-corrected chi connectivity index (χ3v) is 7.39. The Morgan fingerprint density at radius 2 is 1.64 bits per heavy atom. The number of aromatic nitrogens is 1. The molecule has 1 aromatic carbocycles. The van der Waals surface area contributed by atoms with Crippen LogP contribution >= 0.6 is 0 Å². The molecule has 3 rings (SSSR count). The molecule has 1 aliphatic rings. The van der Waals surface area contributed by atoms with E-state index >= 15 is 0 Å². The van der Waals surface area contributed by atoms with E-state index in [4.69, 9.17) is 19.6 Å². The van der Waals surface area contributed by atoms with Crippen LogP contribution in [0.1, 0.15) is 110 Å². The normalized spacial score (nSPS) is 13.0. The van der Waals surface area contributed by atoms with Gasteiger partial charge in [0.25, 0.3) is 0 Å². The number of aliphatic carboxylic acids is 1. The molecule has 236 valence electrons. The molecule has 0 amide bonds. The van der Waals surface area contributed by atoms with E-state index in [0.29, 0.717) is 25.4 Å². The molecule has 6 nitrogen and oxygen atoms in total. The Hall–Kier alpha value is -2.67. The fourth-order valence-corrected chi connectivity index (χ4v) is 5.03. The highest BCUT2D eigenvalue weighted by atomic mass is 19.1. The van der Waals surface area contributed by atoms with Crippen molar-refractivity contribution in [2.45, 2.75) is 112 Å². The smallest absolute Gasteiger partial charge is 0.303 e. The lowest BCUT2D eigenvalue weighted by atomic mass is 9.89. The minimum absolute atomic E-state index is 0.148. The number of unbranched alkanes of at least 4 members (excludes halogenated alkanes) is 5. The van der Waals surface area contributed by atoms with Gasteiger partial charge >= 0.3 is 5.97 Å². The number of benzene rings is 1. The summed E-state index contributed by atoms with van der Waals surface area (Å²) in [6, 6.07) is 10.9. The number of para-hydroxylation sites is 1.